The summed E-state index contributed by atoms with van der Waals surface area (Å²) in [6, 6.07) is 15.8. The highest BCUT2D eigenvalue weighted by Crippen LogP contribution is 2.28. The molecule has 0 bridgehead atoms. The molecule has 7 nitrogen and oxygen atoms in total. The molecule has 0 saturated heterocycles. The summed E-state index contributed by atoms with van der Waals surface area (Å²) in [6.45, 7) is 4.38. The molecule has 0 aliphatic rings. The van der Waals surface area contributed by atoms with Crippen LogP contribution in [0.5, 0.6) is 0 Å². The fourth-order valence-electron chi connectivity index (χ4n) is 3.31. The summed E-state index contributed by atoms with van der Waals surface area (Å²) >= 11 is 1.27. The minimum atomic E-state index is -0.0158. The molecule has 4 rings (SSSR count). The Labute approximate surface area is 172 Å². The Morgan fingerprint density at radius 1 is 1.17 bits per heavy atom. The van der Waals surface area contributed by atoms with Crippen molar-refractivity contribution in [2.75, 3.05) is 23.0 Å². The number of hydrogen-bond donors (Lipinski definition) is 1. The smallest absolute Gasteiger partial charge is 0.237 e. The molecule has 0 aliphatic heterocycles. The number of thioether (sulfide) groups is 1. The normalized spacial score (nSPS) is 11.1. The van der Waals surface area contributed by atoms with E-state index >= 15 is 0 Å². The van der Waals surface area contributed by atoms with E-state index < -0.39 is 0 Å². The first-order chi connectivity index (χ1) is 14.1. The fourth-order valence-corrected chi connectivity index (χ4v) is 4.04. The van der Waals surface area contributed by atoms with Crippen molar-refractivity contribution in [1.29, 1.82) is 0 Å². The summed E-state index contributed by atoms with van der Waals surface area (Å²) in [5, 5.41) is 10.9. The molecular weight excluding hydrogens is 386 g/mol. The molecule has 0 saturated carbocycles. The monoisotopic (exact) mass is 407 g/mol. The Hall–Kier alpha value is -3.26. The van der Waals surface area contributed by atoms with E-state index in [9.17, 15) is 4.79 Å². The van der Waals surface area contributed by atoms with Crippen LogP contribution in [0.3, 0.4) is 0 Å². The van der Waals surface area contributed by atoms with Crippen molar-refractivity contribution in [3.63, 3.8) is 0 Å². The maximum Gasteiger partial charge on any atom is 0.237 e. The van der Waals surface area contributed by atoms with Crippen LogP contribution >= 0.6 is 11.8 Å². The number of carbonyl (C=O) groups excluding carboxylic acids is 1. The number of aromatic nitrogens is 3. The Morgan fingerprint density at radius 2 is 1.97 bits per heavy atom. The van der Waals surface area contributed by atoms with E-state index in [1.807, 2.05) is 56.3 Å². The lowest BCUT2D eigenvalue weighted by atomic mass is 10.1. The van der Waals surface area contributed by atoms with E-state index in [0.29, 0.717) is 23.3 Å². The highest BCUT2D eigenvalue weighted by molar-refractivity contribution is 7.99. The highest BCUT2D eigenvalue weighted by Gasteiger charge is 2.20. The molecule has 2 heterocycles. The number of carbonyl (C=O) groups is 1. The zero-order valence-corrected chi connectivity index (χ0v) is 17.0. The van der Waals surface area contributed by atoms with Crippen molar-refractivity contribution in [1.82, 2.24) is 14.9 Å². The Bertz CT molecular complexity index is 1160. The summed E-state index contributed by atoms with van der Waals surface area (Å²) < 4.78 is 6.70. The largest absolute Gasteiger partial charge is 0.469 e. The van der Waals surface area contributed by atoms with Gasteiger partial charge in [0.2, 0.25) is 11.1 Å². The highest BCUT2D eigenvalue weighted by atomic mass is 32.2. The molecule has 0 fully saturated rings. The zero-order valence-electron chi connectivity index (χ0n) is 16.2. The van der Waals surface area contributed by atoms with Gasteiger partial charge >= 0.3 is 0 Å². The Balaban J connectivity index is 1.53. The van der Waals surface area contributed by atoms with Gasteiger partial charge in [-0.1, -0.05) is 48.2 Å². The maximum atomic E-state index is 13.0. The van der Waals surface area contributed by atoms with Crippen LogP contribution in [0.4, 0.5) is 5.69 Å². The summed E-state index contributed by atoms with van der Waals surface area (Å²) in [4.78, 5) is 14.8. The van der Waals surface area contributed by atoms with Crippen molar-refractivity contribution in [3.8, 4) is 11.4 Å². The van der Waals surface area contributed by atoms with Gasteiger partial charge in [-0.05, 0) is 31.4 Å². The van der Waals surface area contributed by atoms with E-state index in [4.69, 9.17) is 10.3 Å². The van der Waals surface area contributed by atoms with Crippen LogP contribution in [0, 0.1) is 6.92 Å². The summed E-state index contributed by atoms with van der Waals surface area (Å²) in [5.41, 5.74) is 1.68. The molecule has 148 valence electrons. The molecular formula is C21H21N5O2S. The van der Waals surface area contributed by atoms with Crippen molar-refractivity contribution in [2.24, 2.45) is 0 Å². The van der Waals surface area contributed by atoms with E-state index in [1.165, 1.54) is 16.4 Å². The van der Waals surface area contributed by atoms with Crippen LogP contribution in [-0.4, -0.2) is 33.1 Å². The zero-order chi connectivity index (χ0) is 20.4. The second-order valence-electron chi connectivity index (χ2n) is 6.49. The molecule has 0 unspecified atom stereocenters. The predicted octanol–water partition coefficient (Wildman–Crippen LogP) is 3.86. The molecule has 0 atom stereocenters. The van der Waals surface area contributed by atoms with Gasteiger partial charge < -0.3 is 15.2 Å². The third-order valence-electron chi connectivity index (χ3n) is 4.76. The van der Waals surface area contributed by atoms with Crippen LogP contribution in [0.1, 0.15) is 12.7 Å². The summed E-state index contributed by atoms with van der Waals surface area (Å²) in [7, 11) is 0. The predicted molar refractivity (Wildman–Crippen MR) is 115 cm³/mol. The average Bonchev–Trinajstić information content (AvgIpc) is 3.32. The lowest BCUT2D eigenvalue weighted by molar-refractivity contribution is -0.116. The van der Waals surface area contributed by atoms with Crippen molar-refractivity contribution in [2.45, 2.75) is 19.0 Å². The van der Waals surface area contributed by atoms with E-state index in [1.54, 1.807) is 17.2 Å². The van der Waals surface area contributed by atoms with Gasteiger partial charge in [-0.3, -0.25) is 4.79 Å². The van der Waals surface area contributed by atoms with Crippen LogP contribution in [0.2, 0.25) is 0 Å². The first-order valence-corrected chi connectivity index (χ1v) is 10.2. The third kappa shape index (κ3) is 3.58. The van der Waals surface area contributed by atoms with E-state index in [2.05, 4.69) is 10.2 Å². The van der Waals surface area contributed by atoms with Gasteiger partial charge in [0.05, 0.1) is 23.3 Å². The minimum absolute atomic E-state index is 0.0158. The first kappa shape index (κ1) is 19.1. The van der Waals surface area contributed by atoms with Crippen molar-refractivity contribution >= 4 is 34.1 Å². The summed E-state index contributed by atoms with van der Waals surface area (Å²) in [5.74, 6) is 7.56. The lowest BCUT2D eigenvalue weighted by Crippen LogP contribution is -2.32. The summed E-state index contributed by atoms with van der Waals surface area (Å²) in [6.07, 6.45) is 1.58. The molecule has 2 aromatic heterocycles. The second kappa shape index (κ2) is 8.00. The van der Waals surface area contributed by atoms with E-state index in [0.717, 1.165) is 22.0 Å². The number of hydrogen-bond acceptors (Lipinski definition) is 6. The second-order valence-corrected chi connectivity index (χ2v) is 7.43. The standard InChI is InChI=1S/C21H21N5O2S/c1-3-25(18-10-6-8-15-7-4-5-9-17(15)18)19(27)13-29-21-24-23-20(26(21)22)16-11-12-28-14(16)2/h4-12H,3,13,22H2,1-2H3. The quantitative estimate of drug-likeness (QED) is 0.386. The topological polar surface area (TPSA) is 90.2 Å². The molecule has 0 spiro atoms. The lowest BCUT2D eigenvalue weighted by Gasteiger charge is -2.22. The van der Waals surface area contributed by atoms with E-state index in [-0.39, 0.29) is 11.7 Å². The Morgan fingerprint density at radius 3 is 2.72 bits per heavy atom. The van der Waals surface area contributed by atoms with Gasteiger partial charge in [0.15, 0.2) is 5.82 Å². The number of nitrogens with two attached hydrogens (primary N) is 1. The van der Waals surface area contributed by atoms with Gasteiger partial charge in [-0.2, -0.15) is 0 Å². The number of furan rings is 1. The number of nitrogen functional groups attached to an aromatic ring is 1. The molecule has 0 aliphatic carbocycles. The first-order valence-electron chi connectivity index (χ1n) is 9.26. The minimum Gasteiger partial charge on any atom is -0.469 e. The number of anilines is 1. The van der Waals surface area contributed by atoms with Crippen LogP contribution in [0.25, 0.3) is 22.2 Å². The van der Waals surface area contributed by atoms with Gasteiger partial charge in [-0.15, -0.1) is 10.2 Å². The number of amides is 1. The van der Waals surface area contributed by atoms with Gasteiger partial charge in [0.1, 0.15) is 5.76 Å². The van der Waals surface area contributed by atoms with Crippen LogP contribution in [-0.2, 0) is 4.79 Å². The van der Waals surface area contributed by atoms with Crippen LogP contribution < -0.4 is 10.7 Å². The molecule has 1 amide bonds. The number of rotatable bonds is 6. The number of nitrogens with zero attached hydrogens (tertiary/aromatic N) is 4. The average molecular weight is 407 g/mol. The van der Waals surface area contributed by atoms with Crippen molar-refractivity contribution < 1.29 is 9.21 Å². The Kier molecular flexibility index (Phi) is 5.26. The third-order valence-corrected chi connectivity index (χ3v) is 5.69. The van der Waals surface area contributed by atoms with Crippen molar-refractivity contribution in [3.05, 3.63) is 60.6 Å². The maximum absolute atomic E-state index is 13.0. The number of aryl methyl sites for hydroxylation is 1. The molecule has 4 aromatic rings. The molecule has 2 N–H and O–H groups in total. The molecule has 2 aromatic carbocycles. The van der Waals surface area contributed by atoms with Gasteiger partial charge in [0, 0.05) is 11.9 Å². The molecule has 0 radical (unpaired) electrons. The van der Waals surface area contributed by atoms with Gasteiger partial charge in [-0.25, -0.2) is 4.68 Å². The molecule has 29 heavy (non-hydrogen) atoms. The van der Waals surface area contributed by atoms with Gasteiger partial charge in [0.25, 0.3) is 0 Å². The SMILES string of the molecule is CCN(C(=O)CSc1nnc(-c2ccoc2C)n1N)c1cccc2ccccc12. The fraction of sp³-hybridized carbons (Fsp3) is 0.190. The molecule has 8 heteroatoms. The number of benzene rings is 2. The van der Waals surface area contributed by atoms with Crippen LogP contribution in [0.15, 0.2) is 64.4 Å². The number of fused-ring (bicyclic) bond motifs is 1.